The summed E-state index contributed by atoms with van der Waals surface area (Å²) in [5, 5.41) is 0. The molecular formula is C3H8N2O3S. The molecule has 0 radical (unpaired) electrons. The van der Waals surface area contributed by atoms with Crippen LogP contribution in [-0.4, -0.2) is 21.6 Å². The number of nitrogens with one attached hydrogen (secondary N) is 2. The van der Waals surface area contributed by atoms with Crippen LogP contribution < -0.4 is 9.44 Å². The van der Waals surface area contributed by atoms with Gasteiger partial charge in [0.25, 0.3) is 0 Å². The predicted octanol–water partition coefficient (Wildman–Crippen LogP) is -0.324. The summed E-state index contributed by atoms with van der Waals surface area (Å²) in [6.07, 6.45) is 0.301. The molecular weight excluding hydrogens is 144 g/mol. The maximum Gasteiger partial charge on any atom is 0.240 e. The monoisotopic (exact) mass is 152 g/mol. The molecule has 1 aliphatic rings. The lowest BCUT2D eigenvalue weighted by Crippen LogP contribution is -2.42. The molecule has 0 atom stereocenters. The molecule has 0 unspecified atom stereocenters. The van der Waals surface area contributed by atoms with Gasteiger partial charge in [-0.1, -0.05) is 11.0 Å². The molecule has 0 aliphatic carbocycles. The highest BCUT2D eigenvalue weighted by atomic mass is 32.3. The summed E-state index contributed by atoms with van der Waals surface area (Å²) in [4.78, 5) is 10.4. The Labute approximate surface area is 54.1 Å². The Hall–Kier alpha value is -0.300. The van der Waals surface area contributed by atoms with Crippen LogP contribution in [0.5, 0.6) is 0 Å². The van der Waals surface area contributed by atoms with E-state index in [1.54, 1.807) is 0 Å². The zero-order valence-electron chi connectivity index (χ0n) is 4.63. The van der Waals surface area contributed by atoms with E-state index in [-0.39, 0.29) is 5.91 Å². The maximum atomic E-state index is 10.4. The molecule has 1 fully saturated rings. The average molecular weight is 152 g/mol. The number of amides is 1. The van der Waals surface area contributed by atoms with Gasteiger partial charge in [-0.25, -0.2) is 9.44 Å². The first-order chi connectivity index (χ1) is 4.10. The quantitative estimate of drug-likeness (QED) is 0.383. The summed E-state index contributed by atoms with van der Waals surface area (Å²) in [5.74, 6) is -0.325. The summed E-state index contributed by atoms with van der Waals surface area (Å²) in [6.45, 7) is 0.328. The minimum atomic E-state index is -2.98. The molecule has 9 heavy (non-hydrogen) atoms. The Kier molecular flexibility index (Phi) is 1.62. The second kappa shape index (κ2) is 2.14. The Morgan fingerprint density at radius 2 is 2.22 bits per heavy atom. The van der Waals surface area contributed by atoms with E-state index in [4.69, 9.17) is 9.11 Å². The Bertz CT molecular complexity index is 137. The summed E-state index contributed by atoms with van der Waals surface area (Å²) in [6, 6.07) is 0. The lowest BCUT2D eigenvalue weighted by atomic mass is 10.4. The first kappa shape index (κ1) is 6.81. The van der Waals surface area contributed by atoms with Crippen molar-refractivity contribution in [3.8, 4) is 0 Å². The topological polar surface area (TPSA) is 81.6 Å². The zero-order chi connectivity index (χ0) is 6.91. The molecule has 0 bridgehead atoms. The molecule has 0 aromatic carbocycles. The van der Waals surface area contributed by atoms with Gasteiger partial charge >= 0.3 is 0 Å². The summed E-state index contributed by atoms with van der Waals surface area (Å²) >= 11 is 0. The molecule has 1 saturated heterocycles. The molecule has 0 spiro atoms. The molecule has 0 aromatic rings. The van der Waals surface area contributed by atoms with Crippen LogP contribution in [0.3, 0.4) is 0 Å². The Morgan fingerprint density at radius 1 is 1.56 bits per heavy atom. The first-order valence-corrected chi connectivity index (χ1v) is 3.98. The van der Waals surface area contributed by atoms with Crippen molar-refractivity contribution in [3.63, 3.8) is 0 Å². The zero-order valence-corrected chi connectivity index (χ0v) is 5.44. The minimum Gasteiger partial charge on any atom is -0.273 e. The number of rotatable bonds is 0. The summed E-state index contributed by atoms with van der Waals surface area (Å²) < 4.78 is 21.8. The Balaban J connectivity index is 2.51. The second-order valence-electron chi connectivity index (χ2n) is 1.72. The van der Waals surface area contributed by atoms with Gasteiger partial charge in [0.15, 0.2) is 0 Å². The maximum absolute atomic E-state index is 10.4. The van der Waals surface area contributed by atoms with E-state index in [1.807, 2.05) is 4.72 Å². The van der Waals surface area contributed by atoms with Crippen molar-refractivity contribution in [2.75, 3.05) is 6.54 Å². The smallest absolute Gasteiger partial charge is 0.240 e. The first-order valence-electron chi connectivity index (χ1n) is 2.43. The van der Waals surface area contributed by atoms with Crippen LogP contribution in [0.4, 0.5) is 0 Å². The van der Waals surface area contributed by atoms with Crippen LogP contribution in [-0.2, 0) is 4.79 Å². The number of hydrogen-bond donors (Lipinski definition) is 4. The van der Waals surface area contributed by atoms with Gasteiger partial charge in [0, 0.05) is 13.0 Å². The highest BCUT2D eigenvalue weighted by Gasteiger charge is 2.19. The minimum absolute atomic E-state index is 0.301. The van der Waals surface area contributed by atoms with Crippen molar-refractivity contribution >= 4 is 16.9 Å². The van der Waals surface area contributed by atoms with E-state index in [1.165, 1.54) is 0 Å². The fraction of sp³-hybridized carbons (Fsp3) is 0.667. The average Bonchev–Trinajstić information content (AvgIpc) is 1.60. The van der Waals surface area contributed by atoms with E-state index >= 15 is 0 Å². The lowest BCUT2D eigenvalue weighted by molar-refractivity contribution is -0.119. The number of carbonyl (C=O) groups is 1. The van der Waals surface area contributed by atoms with Crippen molar-refractivity contribution in [2.45, 2.75) is 6.42 Å². The number of carbonyl (C=O) groups excluding carboxylic acids is 1. The van der Waals surface area contributed by atoms with Crippen molar-refractivity contribution in [1.82, 2.24) is 9.44 Å². The van der Waals surface area contributed by atoms with Gasteiger partial charge in [0.1, 0.15) is 0 Å². The summed E-state index contributed by atoms with van der Waals surface area (Å²) in [7, 11) is -2.98. The predicted molar refractivity (Wildman–Crippen MR) is 33.6 cm³/mol. The third kappa shape index (κ3) is 1.83. The van der Waals surface area contributed by atoms with Gasteiger partial charge in [-0.15, -0.1) is 0 Å². The second-order valence-corrected chi connectivity index (χ2v) is 3.31. The molecule has 5 nitrogen and oxygen atoms in total. The van der Waals surface area contributed by atoms with Gasteiger partial charge in [0.05, 0.1) is 0 Å². The van der Waals surface area contributed by atoms with Crippen LogP contribution in [0.15, 0.2) is 0 Å². The van der Waals surface area contributed by atoms with Gasteiger partial charge < -0.3 is 0 Å². The molecule has 54 valence electrons. The van der Waals surface area contributed by atoms with Crippen molar-refractivity contribution in [3.05, 3.63) is 0 Å². The largest absolute Gasteiger partial charge is 0.273 e. The molecule has 1 amide bonds. The standard InChI is InChI=1S/C3H8N2O3S/c6-3-1-2-4-9(7,8)5-3/h4,7-8H,1-2H2,(H,5,6). The fourth-order valence-corrected chi connectivity index (χ4v) is 1.43. The molecule has 1 heterocycles. The third-order valence-electron chi connectivity index (χ3n) is 0.912. The van der Waals surface area contributed by atoms with E-state index in [0.717, 1.165) is 0 Å². The number of hydrogen-bond acceptors (Lipinski definition) is 4. The fourth-order valence-electron chi connectivity index (χ4n) is 0.553. The van der Waals surface area contributed by atoms with Crippen LogP contribution in [0.1, 0.15) is 6.42 Å². The van der Waals surface area contributed by atoms with E-state index in [0.29, 0.717) is 13.0 Å². The molecule has 4 N–H and O–H groups in total. The van der Waals surface area contributed by atoms with Crippen molar-refractivity contribution in [2.24, 2.45) is 0 Å². The van der Waals surface area contributed by atoms with Gasteiger partial charge in [0.2, 0.25) is 5.91 Å². The van der Waals surface area contributed by atoms with Crippen LogP contribution in [0.2, 0.25) is 0 Å². The van der Waals surface area contributed by atoms with Crippen molar-refractivity contribution < 1.29 is 13.9 Å². The van der Waals surface area contributed by atoms with E-state index in [2.05, 4.69) is 4.72 Å². The van der Waals surface area contributed by atoms with E-state index in [9.17, 15) is 4.79 Å². The normalized spacial score (nSPS) is 28.9. The van der Waals surface area contributed by atoms with Gasteiger partial charge in [-0.2, -0.15) is 0 Å². The molecule has 0 saturated carbocycles. The highest BCUT2D eigenvalue weighted by molar-refractivity contribution is 8.21. The highest BCUT2D eigenvalue weighted by Crippen LogP contribution is 2.29. The SMILES string of the molecule is O=C1CCNS(O)(O)N1. The van der Waals surface area contributed by atoms with E-state index < -0.39 is 11.0 Å². The molecule has 1 rings (SSSR count). The summed E-state index contributed by atoms with van der Waals surface area (Å²) in [5.41, 5.74) is 0. The van der Waals surface area contributed by atoms with Crippen molar-refractivity contribution in [1.29, 1.82) is 0 Å². The molecule has 1 aliphatic heterocycles. The van der Waals surface area contributed by atoms with Crippen LogP contribution >= 0.6 is 11.0 Å². The van der Waals surface area contributed by atoms with Crippen LogP contribution in [0, 0.1) is 0 Å². The Morgan fingerprint density at radius 3 is 2.56 bits per heavy atom. The van der Waals surface area contributed by atoms with Gasteiger partial charge in [-0.05, 0) is 0 Å². The van der Waals surface area contributed by atoms with Crippen LogP contribution in [0.25, 0.3) is 0 Å². The van der Waals surface area contributed by atoms with Gasteiger partial charge in [-0.3, -0.25) is 13.9 Å². The molecule has 0 aromatic heterocycles. The molecule has 6 heteroatoms. The lowest BCUT2D eigenvalue weighted by Gasteiger charge is -2.36. The third-order valence-corrected chi connectivity index (χ3v) is 2.03.